The first-order valence-electron chi connectivity index (χ1n) is 10.1. The summed E-state index contributed by atoms with van der Waals surface area (Å²) in [5.74, 6) is -0.976. The Labute approximate surface area is 180 Å². The molecule has 3 heterocycles. The zero-order valence-corrected chi connectivity index (χ0v) is 17.5. The van der Waals surface area contributed by atoms with E-state index in [9.17, 15) is 14.4 Å². The number of carbonyl (C=O) groups is 2. The maximum absolute atomic E-state index is 12.8. The van der Waals surface area contributed by atoms with E-state index in [2.05, 4.69) is 10.3 Å². The number of rotatable bonds is 4. The number of amides is 2. The van der Waals surface area contributed by atoms with E-state index in [-0.39, 0.29) is 12.1 Å². The first-order chi connectivity index (χ1) is 15.0. The number of para-hydroxylation sites is 1. The SMILES string of the molecule is NC(=O)c1c(NC(=O)Cn2cnc3c(oc4ccccc43)c2=O)sc2c1CCCCC2. The van der Waals surface area contributed by atoms with Crippen LogP contribution in [-0.4, -0.2) is 21.4 Å². The number of nitrogens with two attached hydrogens (primary N) is 1. The van der Waals surface area contributed by atoms with E-state index in [4.69, 9.17) is 10.2 Å². The van der Waals surface area contributed by atoms with Crippen molar-refractivity contribution in [2.24, 2.45) is 5.73 Å². The molecule has 158 valence electrons. The molecule has 1 aliphatic rings. The van der Waals surface area contributed by atoms with Gasteiger partial charge in [-0.15, -0.1) is 11.3 Å². The second-order valence-electron chi connectivity index (χ2n) is 7.63. The number of furan rings is 1. The lowest BCUT2D eigenvalue weighted by Crippen LogP contribution is -2.28. The minimum Gasteiger partial charge on any atom is -0.448 e. The summed E-state index contributed by atoms with van der Waals surface area (Å²) in [7, 11) is 0. The van der Waals surface area contributed by atoms with E-state index in [1.807, 2.05) is 18.2 Å². The van der Waals surface area contributed by atoms with Gasteiger partial charge in [-0.3, -0.25) is 19.0 Å². The monoisotopic (exact) mass is 436 g/mol. The fourth-order valence-electron chi connectivity index (χ4n) is 4.14. The van der Waals surface area contributed by atoms with Gasteiger partial charge in [-0.25, -0.2) is 4.98 Å². The van der Waals surface area contributed by atoms with Crippen LogP contribution < -0.4 is 16.6 Å². The summed E-state index contributed by atoms with van der Waals surface area (Å²) in [6, 6.07) is 7.25. The number of fused-ring (bicyclic) bond motifs is 4. The average molecular weight is 436 g/mol. The summed E-state index contributed by atoms with van der Waals surface area (Å²) < 4.78 is 6.85. The van der Waals surface area contributed by atoms with E-state index in [0.29, 0.717) is 21.7 Å². The molecule has 0 fully saturated rings. The Kier molecular flexibility index (Phi) is 4.82. The molecule has 2 amide bonds. The number of nitrogens with one attached hydrogen (secondary N) is 1. The Morgan fingerprint density at radius 3 is 2.84 bits per heavy atom. The summed E-state index contributed by atoms with van der Waals surface area (Å²) in [6.07, 6.45) is 6.16. The van der Waals surface area contributed by atoms with E-state index >= 15 is 0 Å². The minimum atomic E-state index is -0.544. The number of hydrogen-bond donors (Lipinski definition) is 2. The average Bonchev–Trinajstić information content (AvgIpc) is 3.20. The fraction of sp³-hybridized carbons (Fsp3) is 0.273. The third kappa shape index (κ3) is 3.40. The largest absolute Gasteiger partial charge is 0.448 e. The van der Waals surface area contributed by atoms with Crippen molar-refractivity contribution in [2.45, 2.75) is 38.6 Å². The van der Waals surface area contributed by atoms with Gasteiger partial charge < -0.3 is 15.5 Å². The van der Waals surface area contributed by atoms with Gasteiger partial charge in [0.1, 0.15) is 22.6 Å². The van der Waals surface area contributed by atoms with Gasteiger partial charge >= 0.3 is 0 Å². The Morgan fingerprint density at radius 2 is 2.00 bits per heavy atom. The third-order valence-corrected chi connectivity index (χ3v) is 6.79. The van der Waals surface area contributed by atoms with Crippen LogP contribution in [0, 0.1) is 0 Å². The smallest absolute Gasteiger partial charge is 0.297 e. The van der Waals surface area contributed by atoms with Crippen LogP contribution in [0.2, 0.25) is 0 Å². The third-order valence-electron chi connectivity index (χ3n) is 5.59. The molecular formula is C22H20N4O4S. The van der Waals surface area contributed by atoms with Crippen molar-refractivity contribution >= 4 is 50.2 Å². The molecule has 1 aliphatic carbocycles. The van der Waals surface area contributed by atoms with E-state index in [1.165, 1.54) is 22.2 Å². The van der Waals surface area contributed by atoms with Crippen molar-refractivity contribution in [2.75, 3.05) is 5.32 Å². The molecule has 8 nitrogen and oxygen atoms in total. The molecule has 4 aromatic rings. The molecular weight excluding hydrogens is 416 g/mol. The Bertz CT molecular complexity index is 1400. The Balaban J connectivity index is 1.44. The van der Waals surface area contributed by atoms with Crippen LogP contribution in [0.1, 0.15) is 40.1 Å². The molecule has 0 unspecified atom stereocenters. The van der Waals surface area contributed by atoms with E-state index in [0.717, 1.165) is 47.9 Å². The normalized spacial score (nSPS) is 13.8. The summed E-state index contributed by atoms with van der Waals surface area (Å²) in [5.41, 5.74) is 7.68. The number of aryl methyl sites for hydroxylation is 1. The molecule has 0 saturated heterocycles. The lowest BCUT2D eigenvalue weighted by Gasteiger charge is -2.07. The number of anilines is 1. The molecule has 3 N–H and O–H groups in total. The van der Waals surface area contributed by atoms with Gasteiger partial charge in [-0.05, 0) is 43.4 Å². The molecule has 0 bridgehead atoms. The van der Waals surface area contributed by atoms with Crippen LogP contribution in [0.25, 0.3) is 22.1 Å². The summed E-state index contributed by atoms with van der Waals surface area (Å²) in [6.45, 7) is -0.250. The number of carbonyl (C=O) groups excluding carboxylic acids is 2. The zero-order chi connectivity index (χ0) is 21.5. The number of nitrogens with zero attached hydrogens (tertiary/aromatic N) is 2. The Morgan fingerprint density at radius 1 is 1.19 bits per heavy atom. The highest BCUT2D eigenvalue weighted by Crippen LogP contribution is 2.37. The second kappa shape index (κ2) is 7.66. The molecule has 0 saturated carbocycles. The molecule has 0 radical (unpaired) electrons. The number of thiophene rings is 1. The molecule has 31 heavy (non-hydrogen) atoms. The highest BCUT2D eigenvalue weighted by molar-refractivity contribution is 7.17. The highest BCUT2D eigenvalue weighted by Gasteiger charge is 2.24. The summed E-state index contributed by atoms with van der Waals surface area (Å²) >= 11 is 1.40. The van der Waals surface area contributed by atoms with Crippen molar-refractivity contribution < 1.29 is 14.0 Å². The van der Waals surface area contributed by atoms with Crippen LogP contribution in [0.4, 0.5) is 5.00 Å². The quantitative estimate of drug-likeness (QED) is 0.476. The van der Waals surface area contributed by atoms with E-state index in [1.54, 1.807) is 6.07 Å². The topological polar surface area (TPSA) is 120 Å². The van der Waals surface area contributed by atoms with Crippen LogP contribution >= 0.6 is 11.3 Å². The predicted octanol–water partition coefficient (Wildman–Crippen LogP) is 3.21. The van der Waals surface area contributed by atoms with Gasteiger partial charge in [-0.1, -0.05) is 18.6 Å². The summed E-state index contributed by atoms with van der Waals surface area (Å²) in [5, 5.41) is 3.98. The van der Waals surface area contributed by atoms with Crippen LogP contribution in [0.15, 0.2) is 39.8 Å². The van der Waals surface area contributed by atoms with E-state index < -0.39 is 17.4 Å². The van der Waals surface area contributed by atoms with Crippen molar-refractivity contribution in [3.63, 3.8) is 0 Å². The van der Waals surface area contributed by atoms with Crippen molar-refractivity contribution in [3.8, 4) is 0 Å². The summed E-state index contributed by atoms with van der Waals surface area (Å²) in [4.78, 5) is 43.1. The molecule has 9 heteroatoms. The lowest BCUT2D eigenvalue weighted by atomic mass is 10.1. The van der Waals surface area contributed by atoms with Crippen molar-refractivity contribution in [1.82, 2.24) is 9.55 Å². The number of primary amides is 1. The van der Waals surface area contributed by atoms with Crippen molar-refractivity contribution in [1.29, 1.82) is 0 Å². The number of benzene rings is 1. The minimum absolute atomic E-state index is 0.108. The van der Waals surface area contributed by atoms with Gasteiger partial charge in [0, 0.05) is 10.3 Å². The van der Waals surface area contributed by atoms with Gasteiger partial charge in [0.25, 0.3) is 11.5 Å². The van der Waals surface area contributed by atoms with Gasteiger partial charge in [-0.2, -0.15) is 0 Å². The van der Waals surface area contributed by atoms with Crippen molar-refractivity contribution in [3.05, 3.63) is 57.0 Å². The standard InChI is InChI=1S/C22H20N4O4S/c23-20(28)17-13-7-2-1-3-9-15(13)31-21(17)25-16(27)10-26-11-24-18-12-6-4-5-8-14(12)30-19(18)22(26)29/h4-6,8,11H,1-3,7,9-10H2,(H2,23,28)(H,25,27). The zero-order valence-electron chi connectivity index (χ0n) is 16.6. The number of hydrogen-bond acceptors (Lipinski definition) is 6. The predicted molar refractivity (Wildman–Crippen MR) is 119 cm³/mol. The molecule has 0 aliphatic heterocycles. The fourth-order valence-corrected chi connectivity index (χ4v) is 5.45. The maximum Gasteiger partial charge on any atom is 0.297 e. The maximum atomic E-state index is 12.8. The molecule has 0 atom stereocenters. The van der Waals surface area contributed by atoms with Crippen LogP contribution in [0.5, 0.6) is 0 Å². The molecule has 3 aromatic heterocycles. The van der Waals surface area contributed by atoms with Gasteiger partial charge in [0.2, 0.25) is 11.5 Å². The van der Waals surface area contributed by atoms with Gasteiger partial charge in [0.15, 0.2) is 0 Å². The first kappa shape index (κ1) is 19.5. The second-order valence-corrected chi connectivity index (χ2v) is 8.74. The molecule has 1 aromatic carbocycles. The molecule has 5 rings (SSSR count). The van der Waals surface area contributed by atoms with Crippen LogP contribution in [0.3, 0.4) is 0 Å². The first-order valence-corrected chi connectivity index (χ1v) is 11.0. The molecule has 0 spiro atoms. The van der Waals surface area contributed by atoms with Gasteiger partial charge in [0.05, 0.1) is 11.9 Å². The van der Waals surface area contributed by atoms with Crippen LogP contribution in [-0.2, 0) is 24.2 Å². The number of aromatic nitrogens is 2. The lowest BCUT2D eigenvalue weighted by molar-refractivity contribution is -0.116. The highest BCUT2D eigenvalue weighted by atomic mass is 32.1. The Hall–Kier alpha value is -3.46.